The molecule has 0 bridgehead atoms. The highest BCUT2D eigenvalue weighted by Gasteiger charge is 2.14. The Kier molecular flexibility index (Phi) is 4.32. The minimum Gasteiger partial charge on any atom is -0.494 e. The molecular weight excluding hydrogens is 291 g/mol. The van der Waals surface area contributed by atoms with Crippen molar-refractivity contribution >= 4 is 28.7 Å². The van der Waals surface area contributed by atoms with Gasteiger partial charge in [-0.05, 0) is 31.5 Å². The Bertz CT molecular complexity index is 706. The van der Waals surface area contributed by atoms with Gasteiger partial charge in [0.25, 0.3) is 0 Å². The molecule has 0 amide bonds. The molecule has 0 aliphatic rings. The lowest BCUT2D eigenvalue weighted by Gasteiger charge is -2.13. The number of thiocarbonyl (C=S) groups is 1. The number of aryl methyl sites for hydroxylation is 1. The highest BCUT2D eigenvalue weighted by atomic mass is 32.1. The number of hydrogen-bond acceptors (Lipinski definition) is 5. The van der Waals surface area contributed by atoms with Gasteiger partial charge in [0.05, 0.1) is 18.4 Å². The van der Waals surface area contributed by atoms with Gasteiger partial charge in [0, 0.05) is 11.8 Å². The number of nitrogens with zero attached hydrogens (tertiary/aromatic N) is 2. The topological polar surface area (TPSA) is 73.1 Å². The Morgan fingerprint density at radius 2 is 2.05 bits per heavy atom. The number of hydrogen-bond donors (Lipinski definition) is 2. The van der Waals surface area contributed by atoms with Gasteiger partial charge in [0.2, 0.25) is 0 Å². The van der Waals surface area contributed by atoms with E-state index in [1.54, 1.807) is 6.07 Å². The van der Waals surface area contributed by atoms with Crippen LogP contribution in [0.25, 0.3) is 0 Å². The molecule has 0 atom stereocenters. The maximum atomic E-state index is 13.7. The number of ether oxygens (including phenoxy) is 1. The maximum absolute atomic E-state index is 13.7. The fourth-order valence-corrected chi connectivity index (χ4v) is 2.13. The Morgan fingerprint density at radius 1 is 1.33 bits per heavy atom. The fourth-order valence-electron chi connectivity index (χ4n) is 1.88. The van der Waals surface area contributed by atoms with Crippen LogP contribution in [0.5, 0.6) is 5.75 Å². The van der Waals surface area contributed by atoms with Crippen LogP contribution in [0.15, 0.2) is 18.2 Å². The van der Waals surface area contributed by atoms with Crippen molar-refractivity contribution in [3.63, 3.8) is 0 Å². The van der Waals surface area contributed by atoms with Crippen molar-refractivity contribution < 1.29 is 9.13 Å². The zero-order valence-corrected chi connectivity index (χ0v) is 12.7. The van der Waals surface area contributed by atoms with Crippen LogP contribution in [-0.4, -0.2) is 22.3 Å². The minimum atomic E-state index is -0.476. The summed E-state index contributed by atoms with van der Waals surface area (Å²) in [5, 5.41) is 11.1. The second kappa shape index (κ2) is 6.01. The standard InChI is InChI=1S/C14H15FN4OS/c1-7-8(2)18-19-14(12(7)13(16)21)17-9-4-5-11(20-3)10(15)6-9/h4-6H,1-3H3,(H2,16,21)(H,17,19). The summed E-state index contributed by atoms with van der Waals surface area (Å²) in [7, 11) is 1.41. The molecule has 0 unspecified atom stereocenters. The smallest absolute Gasteiger partial charge is 0.167 e. The van der Waals surface area contributed by atoms with Gasteiger partial charge in [0.15, 0.2) is 17.4 Å². The number of anilines is 2. The third-order valence-corrected chi connectivity index (χ3v) is 3.32. The number of nitrogens with two attached hydrogens (primary N) is 1. The average Bonchev–Trinajstić information content (AvgIpc) is 2.43. The zero-order chi connectivity index (χ0) is 15.6. The summed E-state index contributed by atoms with van der Waals surface area (Å²) in [6.45, 7) is 3.68. The molecule has 0 aliphatic heterocycles. The number of halogens is 1. The molecule has 110 valence electrons. The molecule has 3 N–H and O–H groups in total. The molecular formula is C14H15FN4OS. The summed E-state index contributed by atoms with van der Waals surface area (Å²) in [4.78, 5) is 0.210. The second-order valence-electron chi connectivity index (χ2n) is 4.47. The predicted molar refractivity (Wildman–Crippen MR) is 83.6 cm³/mol. The summed E-state index contributed by atoms with van der Waals surface area (Å²) in [5.41, 5.74) is 8.43. The lowest BCUT2D eigenvalue weighted by molar-refractivity contribution is 0.386. The third-order valence-electron chi connectivity index (χ3n) is 3.12. The first-order chi connectivity index (χ1) is 9.93. The van der Waals surface area contributed by atoms with Crippen molar-refractivity contribution in [2.45, 2.75) is 13.8 Å². The molecule has 0 fully saturated rings. The van der Waals surface area contributed by atoms with Crippen LogP contribution in [0.2, 0.25) is 0 Å². The predicted octanol–water partition coefficient (Wildman–Crippen LogP) is 2.62. The number of benzene rings is 1. The number of nitrogens with one attached hydrogen (secondary N) is 1. The van der Waals surface area contributed by atoms with E-state index in [0.29, 0.717) is 17.1 Å². The number of methoxy groups -OCH3 is 1. The van der Waals surface area contributed by atoms with Gasteiger partial charge in [-0.15, -0.1) is 5.10 Å². The van der Waals surface area contributed by atoms with Crippen LogP contribution in [0.3, 0.4) is 0 Å². The van der Waals surface area contributed by atoms with Crippen LogP contribution in [-0.2, 0) is 0 Å². The van der Waals surface area contributed by atoms with E-state index < -0.39 is 5.82 Å². The van der Waals surface area contributed by atoms with E-state index in [9.17, 15) is 4.39 Å². The van der Waals surface area contributed by atoms with Crippen LogP contribution in [0.4, 0.5) is 15.9 Å². The van der Waals surface area contributed by atoms with Crippen LogP contribution >= 0.6 is 12.2 Å². The zero-order valence-electron chi connectivity index (χ0n) is 11.9. The van der Waals surface area contributed by atoms with Crippen LogP contribution in [0, 0.1) is 19.7 Å². The van der Waals surface area contributed by atoms with Crippen molar-refractivity contribution in [1.29, 1.82) is 0 Å². The molecule has 21 heavy (non-hydrogen) atoms. The van der Waals surface area contributed by atoms with Gasteiger partial charge in [-0.1, -0.05) is 12.2 Å². The lowest BCUT2D eigenvalue weighted by Crippen LogP contribution is -2.16. The van der Waals surface area contributed by atoms with Gasteiger partial charge >= 0.3 is 0 Å². The SMILES string of the molecule is COc1ccc(Nc2nnc(C)c(C)c2C(N)=S)cc1F. The normalized spacial score (nSPS) is 10.3. The molecule has 2 rings (SSSR count). The number of aromatic nitrogens is 2. The van der Waals surface area contributed by atoms with Crippen molar-refractivity contribution in [3.8, 4) is 5.75 Å². The Morgan fingerprint density at radius 3 is 2.62 bits per heavy atom. The summed E-state index contributed by atoms with van der Waals surface area (Å²) >= 11 is 5.05. The van der Waals surface area contributed by atoms with Crippen molar-refractivity contribution in [2.75, 3.05) is 12.4 Å². The highest BCUT2D eigenvalue weighted by molar-refractivity contribution is 7.80. The first kappa shape index (κ1) is 15.1. The van der Waals surface area contributed by atoms with Gasteiger partial charge in [-0.3, -0.25) is 0 Å². The third kappa shape index (κ3) is 3.08. The lowest BCUT2D eigenvalue weighted by atomic mass is 10.1. The molecule has 5 nitrogen and oxygen atoms in total. The minimum absolute atomic E-state index is 0.168. The van der Waals surface area contributed by atoms with Crippen molar-refractivity contribution in [1.82, 2.24) is 10.2 Å². The van der Waals surface area contributed by atoms with E-state index in [0.717, 1.165) is 11.3 Å². The van der Waals surface area contributed by atoms with Gasteiger partial charge < -0.3 is 15.8 Å². The van der Waals surface area contributed by atoms with Gasteiger partial charge in [-0.2, -0.15) is 5.10 Å². The van der Waals surface area contributed by atoms with Gasteiger partial charge in [-0.25, -0.2) is 4.39 Å². The molecule has 0 saturated heterocycles. The van der Waals surface area contributed by atoms with Crippen molar-refractivity contribution in [2.24, 2.45) is 5.73 Å². The molecule has 1 aromatic heterocycles. The molecule has 2 aromatic rings. The summed E-state index contributed by atoms with van der Waals surface area (Å²) in [6, 6.07) is 4.49. The van der Waals surface area contributed by atoms with Crippen molar-refractivity contribution in [3.05, 3.63) is 40.8 Å². The molecule has 0 aliphatic carbocycles. The van der Waals surface area contributed by atoms with E-state index in [1.165, 1.54) is 19.2 Å². The second-order valence-corrected chi connectivity index (χ2v) is 4.91. The summed E-state index contributed by atoms with van der Waals surface area (Å²) < 4.78 is 18.6. The largest absolute Gasteiger partial charge is 0.494 e. The highest BCUT2D eigenvalue weighted by Crippen LogP contribution is 2.25. The van der Waals surface area contributed by atoms with E-state index >= 15 is 0 Å². The van der Waals surface area contributed by atoms with E-state index in [-0.39, 0.29) is 10.7 Å². The number of rotatable bonds is 4. The summed E-state index contributed by atoms with van der Waals surface area (Å²) in [5.74, 6) is 0.0904. The first-order valence-corrected chi connectivity index (χ1v) is 6.59. The summed E-state index contributed by atoms with van der Waals surface area (Å²) in [6.07, 6.45) is 0. The molecule has 7 heteroatoms. The fraction of sp³-hybridized carbons (Fsp3) is 0.214. The molecule has 0 saturated carbocycles. The maximum Gasteiger partial charge on any atom is 0.167 e. The monoisotopic (exact) mass is 306 g/mol. The Labute approximate surface area is 127 Å². The first-order valence-electron chi connectivity index (χ1n) is 6.18. The molecule has 0 spiro atoms. The molecule has 1 aromatic carbocycles. The molecule has 1 heterocycles. The van der Waals surface area contributed by atoms with Gasteiger partial charge in [0.1, 0.15) is 4.99 Å². The van der Waals surface area contributed by atoms with E-state index in [4.69, 9.17) is 22.7 Å². The van der Waals surface area contributed by atoms with E-state index in [1.807, 2.05) is 13.8 Å². The van der Waals surface area contributed by atoms with E-state index in [2.05, 4.69) is 15.5 Å². The average molecular weight is 306 g/mol. The Balaban J connectivity index is 2.42. The van der Waals surface area contributed by atoms with Crippen LogP contribution in [0.1, 0.15) is 16.8 Å². The van der Waals surface area contributed by atoms with Crippen LogP contribution < -0.4 is 15.8 Å². The Hall–Kier alpha value is -2.28. The quantitative estimate of drug-likeness (QED) is 0.846. The molecule has 0 radical (unpaired) electrons.